The first-order valence-corrected chi connectivity index (χ1v) is 28.8. The highest BCUT2D eigenvalue weighted by Gasteiger charge is 2.44. The zero-order valence-electron chi connectivity index (χ0n) is 45.9. The summed E-state index contributed by atoms with van der Waals surface area (Å²) < 4.78 is 28.5. The summed E-state index contributed by atoms with van der Waals surface area (Å²) in [5.41, 5.74) is -1.54. The minimum absolute atomic E-state index is 0.0315. The van der Waals surface area contributed by atoms with Crippen molar-refractivity contribution < 1.29 is 53.4 Å². The fourth-order valence-corrected chi connectivity index (χ4v) is 10.3. The van der Waals surface area contributed by atoms with Gasteiger partial charge in [0, 0.05) is 37.5 Å². The molecule has 11 heteroatoms. The molecule has 2 rings (SSSR count). The Morgan fingerprint density at radius 3 is 1.38 bits per heavy atom. The molecule has 0 aliphatic carbocycles. The summed E-state index contributed by atoms with van der Waals surface area (Å²) in [7, 11) is 1.42. The third-order valence-corrected chi connectivity index (χ3v) is 15.7. The normalized spacial score (nSPS) is 20.7. The number of hydrogen-bond acceptors (Lipinski definition) is 11. The number of aliphatic hydroxyl groups is 3. The van der Waals surface area contributed by atoms with Gasteiger partial charge in [0.15, 0.2) is 0 Å². The van der Waals surface area contributed by atoms with E-state index < -0.39 is 23.4 Å². The van der Waals surface area contributed by atoms with E-state index in [1.807, 2.05) is 34.6 Å². The standard InChI is InChI=1S/C58H108O11/c1-10-12-14-15-19-27-34-46(48(60)36-29-21-17-23-31-39-54(62)65-9)58(7,8)69-56(64)41-33-25-18-22-30-38-51-53(67-51)43-49(61)45(4)57(5,6)68-55(63)40-32-24-16-20-28-35-47(59)44(3)42-52-50(66-52)37-26-13-11-2/h44-53,59-61H,10-43H2,1-9H3. The molecule has 0 aromatic rings. The van der Waals surface area contributed by atoms with E-state index in [0.717, 1.165) is 141 Å². The molecule has 0 bridgehead atoms. The van der Waals surface area contributed by atoms with Crippen molar-refractivity contribution in [2.24, 2.45) is 17.8 Å². The molecule has 3 N–H and O–H groups in total. The van der Waals surface area contributed by atoms with Crippen molar-refractivity contribution in [3.63, 3.8) is 0 Å². The second-order valence-electron chi connectivity index (χ2n) is 22.7. The molecular formula is C58H108O11. The Labute approximate surface area is 422 Å². The molecule has 11 nitrogen and oxygen atoms in total. The summed E-state index contributed by atoms with van der Waals surface area (Å²) in [5.74, 6) is -0.651. The van der Waals surface area contributed by atoms with Crippen LogP contribution in [0.2, 0.25) is 0 Å². The molecule has 0 radical (unpaired) electrons. The van der Waals surface area contributed by atoms with Crippen molar-refractivity contribution in [1.29, 1.82) is 0 Å². The number of esters is 3. The van der Waals surface area contributed by atoms with Crippen LogP contribution in [0.1, 0.15) is 274 Å². The van der Waals surface area contributed by atoms with Gasteiger partial charge in [-0.1, -0.05) is 163 Å². The van der Waals surface area contributed by atoms with E-state index in [9.17, 15) is 29.7 Å². The number of aliphatic hydroxyl groups excluding tert-OH is 3. The summed E-state index contributed by atoms with van der Waals surface area (Å²) >= 11 is 0. The van der Waals surface area contributed by atoms with Crippen LogP contribution in [-0.2, 0) is 38.1 Å². The topological polar surface area (TPSA) is 165 Å². The van der Waals surface area contributed by atoms with Gasteiger partial charge in [0.25, 0.3) is 0 Å². The number of carbonyl (C=O) groups excluding carboxylic acids is 3. The van der Waals surface area contributed by atoms with Gasteiger partial charge in [0.05, 0.1) is 49.8 Å². The number of rotatable bonds is 46. The Balaban J connectivity index is 1.57. The van der Waals surface area contributed by atoms with Crippen LogP contribution in [0.5, 0.6) is 0 Å². The fraction of sp³-hybridized carbons (Fsp3) is 0.948. The molecule has 2 aliphatic rings. The zero-order chi connectivity index (χ0) is 51.1. The molecule has 69 heavy (non-hydrogen) atoms. The van der Waals surface area contributed by atoms with Gasteiger partial charge >= 0.3 is 17.9 Å². The Bertz CT molecular complexity index is 1340. The molecule has 10 atom stereocenters. The maximum absolute atomic E-state index is 13.1. The van der Waals surface area contributed by atoms with E-state index in [-0.39, 0.29) is 54.0 Å². The molecule has 0 spiro atoms. The molecule has 2 saturated heterocycles. The van der Waals surface area contributed by atoms with Crippen LogP contribution in [0.4, 0.5) is 0 Å². The van der Waals surface area contributed by atoms with Gasteiger partial charge in [0.2, 0.25) is 0 Å². The number of epoxide rings is 2. The third-order valence-electron chi connectivity index (χ3n) is 15.7. The van der Waals surface area contributed by atoms with Crippen LogP contribution >= 0.6 is 0 Å². The van der Waals surface area contributed by atoms with Crippen LogP contribution < -0.4 is 0 Å². The van der Waals surface area contributed by atoms with E-state index in [0.29, 0.717) is 44.3 Å². The van der Waals surface area contributed by atoms with Crippen molar-refractivity contribution in [1.82, 2.24) is 0 Å². The monoisotopic (exact) mass is 981 g/mol. The molecule has 2 aliphatic heterocycles. The molecular weight excluding hydrogens is 873 g/mol. The Morgan fingerprint density at radius 1 is 0.464 bits per heavy atom. The molecule has 2 heterocycles. The maximum Gasteiger partial charge on any atom is 0.306 e. The van der Waals surface area contributed by atoms with Crippen molar-refractivity contribution >= 4 is 17.9 Å². The van der Waals surface area contributed by atoms with Gasteiger partial charge in [0.1, 0.15) is 11.2 Å². The fourth-order valence-electron chi connectivity index (χ4n) is 10.3. The Hall–Kier alpha value is -1.79. The SMILES string of the molecule is CCCCCCCCC(C(O)CCCCCCCC(=O)OC)C(C)(C)OC(=O)CCCCCCCC1OC1CC(O)C(C)C(C)(C)OC(=O)CCCCCCCC(O)C(C)CC1OC1CCCCC. The van der Waals surface area contributed by atoms with E-state index in [2.05, 4.69) is 20.8 Å². The van der Waals surface area contributed by atoms with Crippen LogP contribution in [-0.4, -0.2) is 94.3 Å². The summed E-state index contributed by atoms with van der Waals surface area (Å²) in [6.45, 7) is 16.3. The largest absolute Gasteiger partial charge is 0.469 e. The maximum atomic E-state index is 13.1. The summed E-state index contributed by atoms with van der Waals surface area (Å²) in [6.07, 6.45) is 31.9. The van der Waals surface area contributed by atoms with Crippen molar-refractivity contribution in [2.75, 3.05) is 7.11 Å². The smallest absolute Gasteiger partial charge is 0.306 e. The molecule has 0 aromatic carbocycles. The zero-order valence-corrected chi connectivity index (χ0v) is 45.9. The molecule has 406 valence electrons. The van der Waals surface area contributed by atoms with E-state index >= 15 is 0 Å². The second-order valence-corrected chi connectivity index (χ2v) is 22.7. The van der Waals surface area contributed by atoms with E-state index in [1.54, 1.807) is 0 Å². The van der Waals surface area contributed by atoms with Crippen molar-refractivity contribution in [3.8, 4) is 0 Å². The lowest BCUT2D eigenvalue weighted by Gasteiger charge is -2.37. The lowest BCUT2D eigenvalue weighted by molar-refractivity contribution is -0.168. The molecule has 0 saturated carbocycles. The molecule has 0 amide bonds. The Kier molecular flexibility index (Phi) is 33.2. The van der Waals surface area contributed by atoms with Gasteiger partial charge < -0.3 is 39.0 Å². The highest BCUT2D eigenvalue weighted by molar-refractivity contribution is 5.70. The quantitative estimate of drug-likeness (QED) is 0.0230. The van der Waals surface area contributed by atoms with Gasteiger partial charge in [-0.15, -0.1) is 0 Å². The van der Waals surface area contributed by atoms with Crippen molar-refractivity contribution in [3.05, 3.63) is 0 Å². The highest BCUT2D eigenvalue weighted by Crippen LogP contribution is 2.37. The first-order valence-electron chi connectivity index (χ1n) is 28.8. The second kappa shape index (κ2) is 36.2. The number of unbranched alkanes of at least 4 members (excludes halogenated alkanes) is 19. The predicted molar refractivity (Wildman–Crippen MR) is 278 cm³/mol. The average Bonchev–Trinajstić information content (AvgIpc) is 4.23. The predicted octanol–water partition coefficient (Wildman–Crippen LogP) is 13.6. The van der Waals surface area contributed by atoms with Crippen molar-refractivity contribution in [2.45, 2.75) is 328 Å². The lowest BCUT2D eigenvalue weighted by Crippen LogP contribution is -2.43. The molecule has 10 unspecified atom stereocenters. The van der Waals surface area contributed by atoms with E-state index in [1.165, 1.54) is 52.1 Å². The van der Waals surface area contributed by atoms with E-state index in [4.69, 9.17) is 23.7 Å². The number of hydrogen-bond donors (Lipinski definition) is 3. The van der Waals surface area contributed by atoms with Gasteiger partial charge in [-0.3, -0.25) is 14.4 Å². The number of ether oxygens (including phenoxy) is 5. The van der Waals surface area contributed by atoms with Crippen LogP contribution in [0.3, 0.4) is 0 Å². The third kappa shape index (κ3) is 28.9. The van der Waals surface area contributed by atoms with Gasteiger partial charge in [-0.2, -0.15) is 0 Å². The summed E-state index contributed by atoms with van der Waals surface area (Å²) in [5, 5.41) is 33.2. The minimum atomic E-state index is -0.789. The summed E-state index contributed by atoms with van der Waals surface area (Å²) in [4.78, 5) is 37.3. The highest BCUT2D eigenvalue weighted by atomic mass is 16.6. The lowest BCUT2D eigenvalue weighted by atomic mass is 9.80. The number of carbonyl (C=O) groups is 3. The molecule has 0 aromatic heterocycles. The minimum Gasteiger partial charge on any atom is -0.469 e. The van der Waals surface area contributed by atoms with Crippen LogP contribution in [0.15, 0.2) is 0 Å². The summed E-state index contributed by atoms with van der Waals surface area (Å²) in [6, 6.07) is 0. The van der Waals surface area contributed by atoms with Gasteiger partial charge in [-0.05, 0) is 91.4 Å². The van der Waals surface area contributed by atoms with Crippen LogP contribution in [0.25, 0.3) is 0 Å². The first-order chi connectivity index (χ1) is 32.9. The molecule has 2 fully saturated rings. The average molecular weight is 981 g/mol. The first kappa shape index (κ1) is 63.3. The van der Waals surface area contributed by atoms with Gasteiger partial charge in [-0.25, -0.2) is 0 Å². The Morgan fingerprint density at radius 2 is 0.855 bits per heavy atom. The number of methoxy groups -OCH3 is 1. The van der Waals surface area contributed by atoms with Crippen LogP contribution in [0, 0.1) is 17.8 Å².